The Morgan fingerprint density at radius 2 is 1.93 bits per heavy atom. The van der Waals surface area contributed by atoms with Crippen LogP contribution in [0.2, 0.25) is 0 Å². The molecule has 2 rings (SSSR count). The van der Waals surface area contributed by atoms with Crippen LogP contribution in [0.5, 0.6) is 0 Å². The Bertz CT molecular complexity index is 357. The Balaban J connectivity index is 2.28. The van der Waals surface area contributed by atoms with Crippen molar-refractivity contribution >= 4 is 5.84 Å². The standard InChI is InChI=1S/C11H14N2O/c1-11(2)10(14)12-9(13-11)8-6-4-3-5-7-8/h3-7,10,14H,1-2H3,(H,12,13). The van der Waals surface area contributed by atoms with Gasteiger partial charge in [-0.25, -0.2) is 4.99 Å². The van der Waals surface area contributed by atoms with E-state index in [1.54, 1.807) is 0 Å². The van der Waals surface area contributed by atoms with Gasteiger partial charge in [-0.1, -0.05) is 30.3 Å². The summed E-state index contributed by atoms with van der Waals surface area (Å²) in [5.74, 6) is 0.767. The number of aliphatic hydroxyl groups is 1. The van der Waals surface area contributed by atoms with Gasteiger partial charge in [0.2, 0.25) is 0 Å². The lowest BCUT2D eigenvalue weighted by Crippen LogP contribution is -2.44. The van der Waals surface area contributed by atoms with E-state index in [4.69, 9.17) is 0 Å². The molecule has 0 saturated heterocycles. The average Bonchev–Trinajstić information content (AvgIpc) is 2.43. The molecular formula is C11H14N2O. The molecule has 1 aromatic rings. The van der Waals surface area contributed by atoms with Crippen molar-refractivity contribution in [3.05, 3.63) is 35.9 Å². The van der Waals surface area contributed by atoms with Gasteiger partial charge in [-0.2, -0.15) is 0 Å². The fourth-order valence-corrected chi connectivity index (χ4v) is 1.43. The van der Waals surface area contributed by atoms with Gasteiger partial charge in [-0.3, -0.25) is 0 Å². The van der Waals surface area contributed by atoms with Crippen molar-refractivity contribution in [1.82, 2.24) is 5.32 Å². The largest absolute Gasteiger partial charge is 0.370 e. The third-order valence-electron chi connectivity index (χ3n) is 2.38. The Hall–Kier alpha value is -1.35. The molecule has 2 N–H and O–H groups in total. The second-order valence-corrected chi connectivity index (χ2v) is 4.06. The van der Waals surface area contributed by atoms with Gasteiger partial charge in [-0.05, 0) is 13.8 Å². The van der Waals surface area contributed by atoms with Gasteiger partial charge in [0.25, 0.3) is 0 Å². The van der Waals surface area contributed by atoms with Crippen LogP contribution in [0.1, 0.15) is 19.4 Å². The molecule has 0 aliphatic carbocycles. The first-order valence-electron chi connectivity index (χ1n) is 4.69. The first-order valence-corrected chi connectivity index (χ1v) is 4.69. The first-order chi connectivity index (χ1) is 6.59. The molecule has 1 atom stereocenters. The SMILES string of the molecule is CC1(C)NC(c2ccccc2)=NC1O. The minimum absolute atomic E-state index is 0.370. The minimum atomic E-state index is -0.669. The van der Waals surface area contributed by atoms with Gasteiger partial charge in [0.1, 0.15) is 5.84 Å². The van der Waals surface area contributed by atoms with Gasteiger partial charge in [0.15, 0.2) is 6.23 Å². The van der Waals surface area contributed by atoms with Crippen LogP contribution in [0.4, 0.5) is 0 Å². The molecule has 0 amide bonds. The molecule has 0 spiro atoms. The summed E-state index contributed by atoms with van der Waals surface area (Å²) < 4.78 is 0. The zero-order chi connectivity index (χ0) is 10.2. The van der Waals surface area contributed by atoms with Gasteiger partial charge in [-0.15, -0.1) is 0 Å². The molecule has 0 fully saturated rings. The monoisotopic (exact) mass is 190 g/mol. The zero-order valence-corrected chi connectivity index (χ0v) is 8.36. The van der Waals surface area contributed by atoms with Crippen molar-refractivity contribution in [1.29, 1.82) is 0 Å². The van der Waals surface area contributed by atoms with Crippen LogP contribution < -0.4 is 5.32 Å². The second-order valence-electron chi connectivity index (χ2n) is 4.06. The molecular weight excluding hydrogens is 176 g/mol. The van der Waals surface area contributed by atoms with Crippen molar-refractivity contribution < 1.29 is 5.11 Å². The van der Waals surface area contributed by atoms with Gasteiger partial charge in [0, 0.05) is 5.56 Å². The number of aliphatic imine (C=N–C) groups is 1. The fourth-order valence-electron chi connectivity index (χ4n) is 1.43. The van der Waals surface area contributed by atoms with E-state index in [1.807, 2.05) is 44.2 Å². The predicted octanol–water partition coefficient (Wildman–Crippen LogP) is 1.13. The Kier molecular flexibility index (Phi) is 2.04. The van der Waals surface area contributed by atoms with Crippen molar-refractivity contribution in [3.63, 3.8) is 0 Å². The van der Waals surface area contributed by atoms with E-state index in [-0.39, 0.29) is 5.54 Å². The fraction of sp³-hybridized carbons (Fsp3) is 0.364. The number of nitrogens with one attached hydrogen (secondary N) is 1. The highest BCUT2D eigenvalue weighted by atomic mass is 16.3. The third kappa shape index (κ3) is 1.51. The van der Waals surface area contributed by atoms with Crippen LogP contribution in [-0.4, -0.2) is 22.7 Å². The van der Waals surface area contributed by atoms with E-state index < -0.39 is 6.23 Å². The third-order valence-corrected chi connectivity index (χ3v) is 2.38. The van der Waals surface area contributed by atoms with Crippen LogP contribution in [0.3, 0.4) is 0 Å². The molecule has 0 radical (unpaired) electrons. The second kappa shape index (κ2) is 3.10. The van der Waals surface area contributed by atoms with E-state index in [0.717, 1.165) is 11.4 Å². The molecule has 0 bridgehead atoms. The predicted molar refractivity (Wildman–Crippen MR) is 56.2 cm³/mol. The summed E-state index contributed by atoms with van der Waals surface area (Å²) in [5, 5.41) is 12.8. The lowest BCUT2D eigenvalue weighted by molar-refractivity contribution is 0.115. The highest BCUT2D eigenvalue weighted by molar-refractivity contribution is 6.00. The van der Waals surface area contributed by atoms with Gasteiger partial charge in [0.05, 0.1) is 5.54 Å². The molecule has 0 saturated carbocycles. The lowest BCUT2D eigenvalue weighted by atomic mass is 10.1. The van der Waals surface area contributed by atoms with E-state index in [1.165, 1.54) is 0 Å². The summed E-state index contributed by atoms with van der Waals surface area (Å²) in [6.45, 7) is 3.86. The van der Waals surface area contributed by atoms with Crippen molar-refractivity contribution in [2.45, 2.75) is 25.6 Å². The minimum Gasteiger partial charge on any atom is -0.370 e. The van der Waals surface area contributed by atoms with Crippen LogP contribution in [-0.2, 0) is 0 Å². The van der Waals surface area contributed by atoms with E-state index in [0.29, 0.717) is 0 Å². The summed E-state index contributed by atoms with van der Waals surface area (Å²) in [4.78, 5) is 4.17. The molecule has 1 aliphatic rings. The topological polar surface area (TPSA) is 44.6 Å². The number of benzene rings is 1. The van der Waals surface area contributed by atoms with Crippen LogP contribution in [0, 0.1) is 0 Å². The van der Waals surface area contributed by atoms with Crippen molar-refractivity contribution in [2.75, 3.05) is 0 Å². The maximum absolute atomic E-state index is 9.64. The number of hydrogen-bond donors (Lipinski definition) is 2. The Labute approximate surface area is 83.5 Å². The summed E-state index contributed by atoms with van der Waals surface area (Å²) in [7, 11) is 0. The number of rotatable bonds is 1. The number of aliphatic hydroxyl groups excluding tert-OH is 1. The Morgan fingerprint density at radius 3 is 2.43 bits per heavy atom. The van der Waals surface area contributed by atoms with Crippen LogP contribution in [0.25, 0.3) is 0 Å². The molecule has 1 unspecified atom stereocenters. The van der Waals surface area contributed by atoms with E-state index in [9.17, 15) is 5.11 Å². The maximum atomic E-state index is 9.64. The van der Waals surface area contributed by atoms with Crippen molar-refractivity contribution in [3.8, 4) is 0 Å². The van der Waals surface area contributed by atoms with Crippen molar-refractivity contribution in [2.24, 2.45) is 4.99 Å². The highest BCUT2D eigenvalue weighted by Crippen LogP contribution is 2.19. The number of nitrogens with zero attached hydrogens (tertiary/aromatic N) is 1. The van der Waals surface area contributed by atoms with Gasteiger partial charge < -0.3 is 10.4 Å². The summed E-state index contributed by atoms with van der Waals surface area (Å²) in [5.41, 5.74) is 0.641. The summed E-state index contributed by atoms with van der Waals surface area (Å²) in [6.07, 6.45) is -0.669. The zero-order valence-electron chi connectivity index (χ0n) is 8.36. The molecule has 1 aromatic carbocycles. The van der Waals surface area contributed by atoms with Crippen LogP contribution in [0.15, 0.2) is 35.3 Å². The Morgan fingerprint density at radius 1 is 1.29 bits per heavy atom. The average molecular weight is 190 g/mol. The molecule has 14 heavy (non-hydrogen) atoms. The van der Waals surface area contributed by atoms with Gasteiger partial charge >= 0.3 is 0 Å². The molecule has 1 heterocycles. The number of hydrogen-bond acceptors (Lipinski definition) is 3. The summed E-state index contributed by atoms with van der Waals surface area (Å²) in [6, 6.07) is 9.81. The molecule has 1 aliphatic heterocycles. The summed E-state index contributed by atoms with van der Waals surface area (Å²) >= 11 is 0. The van der Waals surface area contributed by atoms with E-state index >= 15 is 0 Å². The molecule has 3 heteroatoms. The molecule has 3 nitrogen and oxygen atoms in total. The first kappa shape index (κ1) is 9.21. The molecule has 74 valence electrons. The van der Waals surface area contributed by atoms with Crippen LogP contribution >= 0.6 is 0 Å². The number of amidine groups is 1. The highest BCUT2D eigenvalue weighted by Gasteiger charge is 2.34. The van der Waals surface area contributed by atoms with E-state index in [2.05, 4.69) is 10.3 Å². The smallest absolute Gasteiger partial charge is 0.169 e. The maximum Gasteiger partial charge on any atom is 0.169 e. The quantitative estimate of drug-likeness (QED) is 0.697. The molecule has 0 aromatic heterocycles. The lowest BCUT2D eigenvalue weighted by Gasteiger charge is -2.22. The normalized spacial score (nSPS) is 24.2.